The topological polar surface area (TPSA) is 73.9 Å². The van der Waals surface area contributed by atoms with Crippen molar-refractivity contribution in [3.63, 3.8) is 0 Å². The molecule has 1 amide bonds. The fourth-order valence-corrected chi connectivity index (χ4v) is 2.12. The Balaban J connectivity index is 1.72. The lowest BCUT2D eigenvalue weighted by Gasteiger charge is -2.11. The molecule has 2 rings (SSSR count). The minimum atomic E-state index is -0.531. The first kappa shape index (κ1) is 18.3. The number of rotatable bonds is 8. The molecule has 0 atom stereocenters. The number of benzene rings is 2. The molecule has 2 aromatic rings. The van der Waals surface area contributed by atoms with Gasteiger partial charge >= 0.3 is 5.97 Å². The van der Waals surface area contributed by atoms with E-state index in [1.54, 1.807) is 19.2 Å². The predicted octanol–water partition coefficient (Wildman–Crippen LogP) is 2.24. The van der Waals surface area contributed by atoms with Crippen LogP contribution in [0.2, 0.25) is 0 Å². The molecule has 0 aliphatic heterocycles. The lowest BCUT2D eigenvalue weighted by atomic mass is 10.1. The maximum atomic E-state index is 11.8. The van der Waals surface area contributed by atoms with Crippen LogP contribution in [0.4, 0.5) is 0 Å². The van der Waals surface area contributed by atoms with Gasteiger partial charge in [0.2, 0.25) is 0 Å². The van der Waals surface area contributed by atoms with Crippen LogP contribution in [0.3, 0.4) is 0 Å². The van der Waals surface area contributed by atoms with Gasteiger partial charge in [-0.15, -0.1) is 0 Å². The highest BCUT2D eigenvalue weighted by Crippen LogP contribution is 2.20. The number of aryl methyl sites for hydroxylation is 1. The van der Waals surface area contributed by atoms with E-state index in [0.29, 0.717) is 11.5 Å². The number of esters is 1. The SMILES string of the molecule is COc1ccc(C)cc1COC(=O)CNC(=O)COc1ccccc1. The van der Waals surface area contributed by atoms with Crippen molar-refractivity contribution in [1.82, 2.24) is 5.32 Å². The maximum absolute atomic E-state index is 11.8. The van der Waals surface area contributed by atoms with Crippen molar-refractivity contribution in [2.45, 2.75) is 13.5 Å². The first-order chi connectivity index (χ1) is 12.1. The Morgan fingerprint density at radius 2 is 1.84 bits per heavy atom. The van der Waals surface area contributed by atoms with Crippen LogP contribution in [0.15, 0.2) is 48.5 Å². The van der Waals surface area contributed by atoms with Crippen molar-refractivity contribution in [3.8, 4) is 11.5 Å². The number of para-hydroxylation sites is 1. The van der Waals surface area contributed by atoms with Crippen LogP contribution in [-0.4, -0.2) is 32.1 Å². The van der Waals surface area contributed by atoms with Crippen LogP contribution in [0.5, 0.6) is 11.5 Å². The molecule has 0 aliphatic carbocycles. The van der Waals surface area contributed by atoms with Crippen LogP contribution in [0.1, 0.15) is 11.1 Å². The van der Waals surface area contributed by atoms with Gasteiger partial charge in [-0.2, -0.15) is 0 Å². The average molecular weight is 343 g/mol. The highest BCUT2D eigenvalue weighted by molar-refractivity contribution is 5.82. The summed E-state index contributed by atoms with van der Waals surface area (Å²) in [5, 5.41) is 2.46. The van der Waals surface area contributed by atoms with Gasteiger partial charge in [0.05, 0.1) is 7.11 Å². The Bertz CT molecular complexity index is 715. The minimum Gasteiger partial charge on any atom is -0.496 e. The molecule has 0 radical (unpaired) electrons. The Morgan fingerprint density at radius 1 is 1.08 bits per heavy atom. The van der Waals surface area contributed by atoms with Crippen molar-refractivity contribution in [1.29, 1.82) is 0 Å². The predicted molar refractivity (Wildman–Crippen MR) is 92.5 cm³/mol. The van der Waals surface area contributed by atoms with Crippen LogP contribution < -0.4 is 14.8 Å². The fraction of sp³-hybridized carbons (Fsp3) is 0.263. The number of carbonyl (C=O) groups is 2. The second-order valence-electron chi connectivity index (χ2n) is 5.35. The molecule has 0 fully saturated rings. The second-order valence-corrected chi connectivity index (χ2v) is 5.35. The zero-order chi connectivity index (χ0) is 18.1. The summed E-state index contributed by atoms with van der Waals surface area (Å²) < 4.78 is 15.7. The van der Waals surface area contributed by atoms with Gasteiger partial charge in [-0.25, -0.2) is 0 Å². The molecule has 0 aromatic heterocycles. The lowest BCUT2D eigenvalue weighted by Crippen LogP contribution is -2.34. The van der Waals surface area contributed by atoms with Gasteiger partial charge in [-0.05, 0) is 31.2 Å². The zero-order valence-electron chi connectivity index (χ0n) is 14.3. The van der Waals surface area contributed by atoms with Gasteiger partial charge in [-0.3, -0.25) is 9.59 Å². The van der Waals surface area contributed by atoms with Gasteiger partial charge in [0, 0.05) is 5.56 Å². The maximum Gasteiger partial charge on any atom is 0.325 e. The van der Waals surface area contributed by atoms with Crippen molar-refractivity contribution in [2.75, 3.05) is 20.3 Å². The van der Waals surface area contributed by atoms with Crippen molar-refractivity contribution >= 4 is 11.9 Å². The first-order valence-electron chi connectivity index (χ1n) is 7.82. The molecule has 0 aliphatic rings. The molecule has 0 bridgehead atoms. The number of methoxy groups -OCH3 is 1. The van der Waals surface area contributed by atoms with Gasteiger partial charge in [0.15, 0.2) is 6.61 Å². The molecule has 25 heavy (non-hydrogen) atoms. The van der Waals surface area contributed by atoms with E-state index in [9.17, 15) is 9.59 Å². The van der Waals surface area contributed by atoms with Gasteiger partial charge in [0.1, 0.15) is 24.7 Å². The highest BCUT2D eigenvalue weighted by atomic mass is 16.5. The number of ether oxygens (including phenoxy) is 3. The number of amides is 1. The molecule has 0 heterocycles. The van der Waals surface area contributed by atoms with Crippen LogP contribution in [0, 0.1) is 6.92 Å². The van der Waals surface area contributed by atoms with E-state index in [1.165, 1.54) is 0 Å². The normalized spacial score (nSPS) is 10.0. The number of hydrogen-bond donors (Lipinski definition) is 1. The quantitative estimate of drug-likeness (QED) is 0.744. The zero-order valence-corrected chi connectivity index (χ0v) is 14.3. The molecule has 0 spiro atoms. The Kier molecular flexibility index (Phi) is 6.83. The molecule has 2 aromatic carbocycles. The van der Waals surface area contributed by atoms with E-state index in [0.717, 1.165) is 11.1 Å². The van der Waals surface area contributed by atoms with Gasteiger partial charge < -0.3 is 19.5 Å². The Hall–Kier alpha value is -3.02. The minimum absolute atomic E-state index is 0.0834. The monoisotopic (exact) mass is 343 g/mol. The van der Waals surface area contributed by atoms with E-state index in [2.05, 4.69) is 5.32 Å². The molecule has 0 saturated carbocycles. The van der Waals surface area contributed by atoms with Gasteiger partial charge in [-0.1, -0.05) is 29.8 Å². The summed E-state index contributed by atoms with van der Waals surface area (Å²) in [6.07, 6.45) is 0. The van der Waals surface area contributed by atoms with E-state index in [-0.39, 0.29) is 19.8 Å². The van der Waals surface area contributed by atoms with Crippen LogP contribution in [0.25, 0.3) is 0 Å². The summed E-state index contributed by atoms with van der Waals surface area (Å²) in [6, 6.07) is 14.6. The van der Waals surface area contributed by atoms with Crippen LogP contribution >= 0.6 is 0 Å². The summed E-state index contributed by atoms with van der Waals surface area (Å²) in [5.41, 5.74) is 1.81. The number of hydrogen-bond acceptors (Lipinski definition) is 5. The van der Waals surface area contributed by atoms with E-state index in [4.69, 9.17) is 14.2 Å². The summed E-state index contributed by atoms with van der Waals surface area (Å²) in [7, 11) is 1.56. The third kappa shape index (κ3) is 6.18. The molecule has 1 N–H and O–H groups in total. The van der Waals surface area contributed by atoms with Crippen molar-refractivity contribution < 1.29 is 23.8 Å². The average Bonchev–Trinajstić information content (AvgIpc) is 2.64. The summed E-state index contributed by atoms with van der Waals surface area (Å²) in [4.78, 5) is 23.4. The van der Waals surface area contributed by atoms with E-state index >= 15 is 0 Å². The second kappa shape index (κ2) is 9.32. The largest absolute Gasteiger partial charge is 0.496 e. The van der Waals surface area contributed by atoms with E-state index in [1.807, 2.05) is 43.3 Å². The van der Waals surface area contributed by atoms with Crippen molar-refractivity contribution in [2.24, 2.45) is 0 Å². The third-order valence-corrected chi connectivity index (χ3v) is 3.37. The molecule has 0 saturated heterocycles. The third-order valence-electron chi connectivity index (χ3n) is 3.37. The molecule has 6 nitrogen and oxygen atoms in total. The van der Waals surface area contributed by atoms with E-state index < -0.39 is 11.9 Å². The summed E-state index contributed by atoms with van der Waals surface area (Å²) >= 11 is 0. The summed E-state index contributed by atoms with van der Waals surface area (Å²) in [6.45, 7) is 1.64. The Labute approximate surface area is 146 Å². The fourth-order valence-electron chi connectivity index (χ4n) is 2.12. The summed E-state index contributed by atoms with van der Waals surface area (Å²) in [5.74, 6) is 0.316. The number of carbonyl (C=O) groups excluding carboxylic acids is 2. The first-order valence-corrected chi connectivity index (χ1v) is 7.82. The highest BCUT2D eigenvalue weighted by Gasteiger charge is 2.10. The number of nitrogens with one attached hydrogen (secondary N) is 1. The Morgan fingerprint density at radius 3 is 2.56 bits per heavy atom. The van der Waals surface area contributed by atoms with Gasteiger partial charge in [0.25, 0.3) is 5.91 Å². The standard InChI is InChI=1S/C19H21NO5/c1-14-8-9-17(23-2)15(10-14)12-25-19(22)11-20-18(21)13-24-16-6-4-3-5-7-16/h3-10H,11-13H2,1-2H3,(H,20,21). The molecular weight excluding hydrogens is 322 g/mol. The van der Waals surface area contributed by atoms with Crippen molar-refractivity contribution in [3.05, 3.63) is 59.7 Å². The molecular formula is C19H21NO5. The van der Waals surface area contributed by atoms with Crippen LogP contribution in [-0.2, 0) is 20.9 Å². The smallest absolute Gasteiger partial charge is 0.325 e. The molecule has 0 unspecified atom stereocenters. The molecule has 132 valence electrons. The molecule has 6 heteroatoms. The lowest BCUT2D eigenvalue weighted by molar-refractivity contribution is -0.145.